The van der Waals surface area contributed by atoms with E-state index in [1.54, 1.807) is 7.11 Å². The summed E-state index contributed by atoms with van der Waals surface area (Å²) in [6, 6.07) is 14.3. The van der Waals surface area contributed by atoms with E-state index in [0.717, 1.165) is 27.8 Å². The Bertz CT molecular complexity index is 610. The molecule has 0 bridgehead atoms. The van der Waals surface area contributed by atoms with E-state index in [9.17, 15) is 0 Å². The van der Waals surface area contributed by atoms with Gasteiger partial charge < -0.3 is 10.5 Å². The van der Waals surface area contributed by atoms with Crippen molar-refractivity contribution in [3.05, 3.63) is 63.6 Å². The average molecular weight is 348 g/mol. The predicted molar refractivity (Wildman–Crippen MR) is 91.7 cm³/mol. The van der Waals surface area contributed by atoms with E-state index < -0.39 is 0 Å². The van der Waals surface area contributed by atoms with Gasteiger partial charge in [0.05, 0.1) is 13.2 Å². The third kappa shape index (κ3) is 4.08. The van der Waals surface area contributed by atoms with Crippen LogP contribution in [0.15, 0.2) is 46.9 Å². The van der Waals surface area contributed by atoms with Crippen LogP contribution in [0.3, 0.4) is 0 Å². The minimum atomic E-state index is -0.180. The highest BCUT2D eigenvalue weighted by Crippen LogP contribution is 2.31. The Morgan fingerprint density at radius 2 is 1.90 bits per heavy atom. The number of hydrogen-bond acceptors (Lipinski definition) is 2. The van der Waals surface area contributed by atoms with Crippen molar-refractivity contribution in [2.24, 2.45) is 11.7 Å². The first-order valence-corrected chi connectivity index (χ1v) is 7.98. The number of nitrogens with two attached hydrogens (primary N) is 1. The van der Waals surface area contributed by atoms with Gasteiger partial charge in [0.15, 0.2) is 0 Å². The van der Waals surface area contributed by atoms with Gasteiger partial charge in [0.2, 0.25) is 0 Å². The van der Waals surface area contributed by atoms with Crippen LogP contribution in [0.4, 0.5) is 0 Å². The zero-order valence-electron chi connectivity index (χ0n) is 12.8. The second-order valence-electron chi connectivity index (χ2n) is 5.71. The molecule has 2 N–H and O–H groups in total. The summed E-state index contributed by atoms with van der Waals surface area (Å²) in [6.45, 7) is 4.45. The van der Waals surface area contributed by atoms with Crippen LogP contribution in [0.1, 0.15) is 36.6 Å². The standard InChI is InChI=1S/C18H22BrNO/c1-12(2)9-13-5-4-6-14(10-13)18(20)16-8-7-15(19)11-17(16)21-3/h4-8,10-12,18H,9,20H2,1-3H3. The molecule has 21 heavy (non-hydrogen) atoms. The average Bonchev–Trinajstić information content (AvgIpc) is 2.46. The summed E-state index contributed by atoms with van der Waals surface area (Å²) in [5.41, 5.74) is 9.90. The van der Waals surface area contributed by atoms with Gasteiger partial charge in [-0.2, -0.15) is 0 Å². The lowest BCUT2D eigenvalue weighted by atomic mass is 9.95. The molecule has 0 aromatic heterocycles. The summed E-state index contributed by atoms with van der Waals surface area (Å²) >= 11 is 3.46. The fourth-order valence-corrected chi connectivity index (χ4v) is 2.85. The second-order valence-corrected chi connectivity index (χ2v) is 6.62. The van der Waals surface area contributed by atoms with Crippen LogP contribution in [0, 0.1) is 5.92 Å². The number of hydrogen-bond donors (Lipinski definition) is 1. The molecule has 0 saturated heterocycles. The van der Waals surface area contributed by atoms with Gasteiger partial charge in [0.1, 0.15) is 5.75 Å². The van der Waals surface area contributed by atoms with Crippen molar-refractivity contribution in [1.82, 2.24) is 0 Å². The van der Waals surface area contributed by atoms with Crippen molar-refractivity contribution in [3.8, 4) is 5.75 Å². The maximum atomic E-state index is 6.45. The highest BCUT2D eigenvalue weighted by molar-refractivity contribution is 9.10. The van der Waals surface area contributed by atoms with E-state index >= 15 is 0 Å². The molecule has 2 rings (SSSR count). The zero-order valence-corrected chi connectivity index (χ0v) is 14.4. The lowest BCUT2D eigenvalue weighted by Gasteiger charge is -2.17. The highest BCUT2D eigenvalue weighted by Gasteiger charge is 2.15. The Kier molecular flexibility index (Phi) is 5.43. The molecule has 0 heterocycles. The summed E-state index contributed by atoms with van der Waals surface area (Å²) in [5, 5.41) is 0. The molecule has 0 saturated carbocycles. The fourth-order valence-electron chi connectivity index (χ4n) is 2.51. The largest absolute Gasteiger partial charge is 0.496 e. The van der Waals surface area contributed by atoms with E-state index in [0.29, 0.717) is 5.92 Å². The molecule has 0 amide bonds. The molecular formula is C18H22BrNO. The van der Waals surface area contributed by atoms with Gasteiger partial charge >= 0.3 is 0 Å². The molecule has 0 aliphatic carbocycles. The maximum absolute atomic E-state index is 6.45. The molecule has 3 heteroatoms. The Balaban J connectivity index is 2.33. The van der Waals surface area contributed by atoms with Gasteiger partial charge in [0, 0.05) is 10.0 Å². The summed E-state index contributed by atoms with van der Waals surface area (Å²) in [6.07, 6.45) is 1.07. The Morgan fingerprint density at radius 3 is 2.57 bits per heavy atom. The van der Waals surface area contributed by atoms with Gasteiger partial charge in [-0.05, 0) is 35.6 Å². The topological polar surface area (TPSA) is 35.2 Å². The molecule has 1 unspecified atom stereocenters. The first kappa shape index (κ1) is 16.1. The lowest BCUT2D eigenvalue weighted by molar-refractivity contribution is 0.407. The Hall–Kier alpha value is -1.32. The van der Waals surface area contributed by atoms with E-state index in [2.05, 4.69) is 54.0 Å². The van der Waals surface area contributed by atoms with Crippen LogP contribution < -0.4 is 10.5 Å². The molecule has 0 spiro atoms. The van der Waals surface area contributed by atoms with E-state index in [-0.39, 0.29) is 6.04 Å². The van der Waals surface area contributed by atoms with Gasteiger partial charge in [-0.25, -0.2) is 0 Å². The van der Waals surface area contributed by atoms with Crippen molar-refractivity contribution >= 4 is 15.9 Å². The zero-order chi connectivity index (χ0) is 15.4. The van der Waals surface area contributed by atoms with Crippen LogP contribution in [-0.2, 0) is 6.42 Å². The summed E-state index contributed by atoms with van der Waals surface area (Å²) in [7, 11) is 1.67. The van der Waals surface area contributed by atoms with E-state index in [1.807, 2.05) is 18.2 Å². The van der Waals surface area contributed by atoms with Gasteiger partial charge in [-0.1, -0.05) is 60.1 Å². The summed E-state index contributed by atoms with van der Waals surface area (Å²) in [5.74, 6) is 1.45. The summed E-state index contributed by atoms with van der Waals surface area (Å²) < 4.78 is 6.44. The Morgan fingerprint density at radius 1 is 1.14 bits per heavy atom. The maximum Gasteiger partial charge on any atom is 0.125 e. The van der Waals surface area contributed by atoms with E-state index in [1.165, 1.54) is 5.56 Å². The highest BCUT2D eigenvalue weighted by atomic mass is 79.9. The van der Waals surface area contributed by atoms with Crippen molar-refractivity contribution in [2.45, 2.75) is 26.3 Å². The first-order chi connectivity index (χ1) is 10.0. The number of methoxy groups -OCH3 is 1. The number of ether oxygens (including phenoxy) is 1. The van der Waals surface area contributed by atoms with Crippen LogP contribution >= 0.6 is 15.9 Å². The molecule has 1 atom stereocenters. The fraction of sp³-hybridized carbons (Fsp3) is 0.333. The molecule has 0 aliphatic rings. The molecule has 0 radical (unpaired) electrons. The minimum absolute atomic E-state index is 0.180. The smallest absolute Gasteiger partial charge is 0.125 e. The second kappa shape index (κ2) is 7.10. The van der Waals surface area contributed by atoms with Crippen molar-refractivity contribution in [3.63, 3.8) is 0 Å². The van der Waals surface area contributed by atoms with Crippen molar-refractivity contribution < 1.29 is 4.74 Å². The lowest BCUT2D eigenvalue weighted by Crippen LogP contribution is -2.13. The third-order valence-corrected chi connectivity index (χ3v) is 3.98. The Labute approximate surface area is 135 Å². The number of rotatable bonds is 5. The van der Waals surface area contributed by atoms with Crippen LogP contribution in [0.2, 0.25) is 0 Å². The number of benzene rings is 2. The normalized spacial score (nSPS) is 12.5. The van der Waals surface area contributed by atoms with Gasteiger partial charge in [-0.15, -0.1) is 0 Å². The van der Waals surface area contributed by atoms with Crippen LogP contribution in [0.25, 0.3) is 0 Å². The molecule has 0 aliphatic heterocycles. The summed E-state index contributed by atoms with van der Waals surface area (Å²) in [4.78, 5) is 0. The van der Waals surface area contributed by atoms with Crippen LogP contribution in [-0.4, -0.2) is 7.11 Å². The molecular weight excluding hydrogens is 326 g/mol. The monoisotopic (exact) mass is 347 g/mol. The van der Waals surface area contributed by atoms with E-state index in [4.69, 9.17) is 10.5 Å². The van der Waals surface area contributed by atoms with Gasteiger partial charge in [-0.3, -0.25) is 0 Å². The number of halogens is 1. The minimum Gasteiger partial charge on any atom is -0.496 e. The quantitative estimate of drug-likeness (QED) is 0.850. The van der Waals surface area contributed by atoms with Gasteiger partial charge in [0.25, 0.3) is 0 Å². The van der Waals surface area contributed by atoms with Crippen molar-refractivity contribution in [2.75, 3.05) is 7.11 Å². The molecule has 2 aromatic carbocycles. The third-order valence-electron chi connectivity index (χ3n) is 3.48. The molecule has 0 fully saturated rings. The van der Waals surface area contributed by atoms with Crippen LogP contribution in [0.5, 0.6) is 5.75 Å². The van der Waals surface area contributed by atoms with Crippen molar-refractivity contribution in [1.29, 1.82) is 0 Å². The SMILES string of the molecule is COc1cc(Br)ccc1C(N)c1cccc(CC(C)C)c1. The first-order valence-electron chi connectivity index (χ1n) is 7.19. The molecule has 2 nitrogen and oxygen atoms in total. The predicted octanol–water partition coefficient (Wildman–Crippen LogP) is 4.70. The molecule has 112 valence electrons. The molecule has 2 aromatic rings.